The number of benzene rings is 1. The molecule has 1 atom stereocenters. The monoisotopic (exact) mass is 520 g/mol. The molecule has 0 aliphatic carbocycles. The molecule has 2 aromatic rings. The number of unbranched alkanes of at least 4 members (excludes halogenated alkanes) is 1. The van der Waals surface area contributed by atoms with Crippen molar-refractivity contribution < 1.29 is 23.9 Å². The van der Waals surface area contributed by atoms with Gasteiger partial charge in [0.15, 0.2) is 11.0 Å². The van der Waals surface area contributed by atoms with Crippen LogP contribution in [0.5, 0.6) is 0 Å². The zero-order valence-corrected chi connectivity index (χ0v) is 21.2. The summed E-state index contributed by atoms with van der Waals surface area (Å²) in [6, 6.07) is 7.37. The van der Waals surface area contributed by atoms with Crippen molar-refractivity contribution in [1.82, 2.24) is 20.7 Å². The van der Waals surface area contributed by atoms with Gasteiger partial charge in [0.25, 0.3) is 11.8 Å². The fourth-order valence-corrected chi connectivity index (χ4v) is 4.29. The summed E-state index contributed by atoms with van der Waals surface area (Å²) in [5, 5.41) is 16.6. The van der Waals surface area contributed by atoms with Crippen LogP contribution in [0, 0.1) is 0 Å². The molecule has 2 amide bonds. The van der Waals surface area contributed by atoms with Crippen LogP contribution in [-0.2, 0) is 16.1 Å². The highest BCUT2D eigenvalue weighted by atomic mass is 32.1. The normalized spacial score (nSPS) is 16.2. The van der Waals surface area contributed by atoms with Gasteiger partial charge in [-0.1, -0.05) is 12.1 Å². The van der Waals surface area contributed by atoms with Crippen molar-refractivity contribution in [3.63, 3.8) is 0 Å². The highest BCUT2D eigenvalue weighted by molar-refractivity contribution is 7.13. The van der Waals surface area contributed by atoms with Gasteiger partial charge in [0.1, 0.15) is 12.2 Å². The van der Waals surface area contributed by atoms with E-state index in [1.54, 1.807) is 36.1 Å². The first-order valence-electron chi connectivity index (χ1n) is 11.9. The SMILES string of the molecule is C[C@@](CCCCN=C(CF)NO)(NC(=O)c1ccc(CN2CCOCC2)cc1)C(=O)Nc1nccs1. The summed E-state index contributed by atoms with van der Waals surface area (Å²) in [6.07, 6.45) is 2.99. The largest absolute Gasteiger partial charge is 0.379 e. The minimum Gasteiger partial charge on any atom is -0.379 e. The van der Waals surface area contributed by atoms with Gasteiger partial charge in [0.2, 0.25) is 0 Å². The van der Waals surface area contributed by atoms with Crippen LogP contribution in [0.4, 0.5) is 9.52 Å². The smallest absolute Gasteiger partial charge is 0.252 e. The summed E-state index contributed by atoms with van der Waals surface area (Å²) < 4.78 is 18.0. The van der Waals surface area contributed by atoms with Crippen LogP contribution in [0.15, 0.2) is 40.8 Å². The summed E-state index contributed by atoms with van der Waals surface area (Å²) in [7, 11) is 0. The molecule has 1 aliphatic heterocycles. The lowest BCUT2D eigenvalue weighted by Gasteiger charge is -2.29. The second-order valence-electron chi connectivity index (χ2n) is 8.69. The second-order valence-corrected chi connectivity index (χ2v) is 9.59. The van der Waals surface area contributed by atoms with Crippen LogP contribution in [0.3, 0.4) is 0 Å². The predicted molar refractivity (Wildman–Crippen MR) is 136 cm³/mol. The van der Waals surface area contributed by atoms with Gasteiger partial charge < -0.3 is 10.1 Å². The van der Waals surface area contributed by atoms with Crippen molar-refractivity contribution in [1.29, 1.82) is 0 Å². The number of hydrogen-bond donors (Lipinski definition) is 4. The van der Waals surface area contributed by atoms with E-state index in [2.05, 4.69) is 25.5 Å². The number of amidine groups is 1. The Hall–Kier alpha value is -2.93. The van der Waals surface area contributed by atoms with Crippen molar-refractivity contribution in [2.75, 3.05) is 44.8 Å². The molecule has 2 heterocycles. The number of nitrogens with one attached hydrogen (secondary N) is 3. The molecule has 0 bridgehead atoms. The second kappa shape index (κ2) is 14.0. The molecule has 12 heteroatoms. The number of rotatable bonds is 12. The Kier molecular flexibility index (Phi) is 10.7. The molecular formula is C24H33FN6O4S. The van der Waals surface area contributed by atoms with E-state index in [-0.39, 0.29) is 24.2 Å². The summed E-state index contributed by atoms with van der Waals surface area (Å²) in [6.45, 7) is 5.05. The molecule has 36 heavy (non-hydrogen) atoms. The maximum Gasteiger partial charge on any atom is 0.252 e. The van der Waals surface area contributed by atoms with E-state index in [1.165, 1.54) is 11.3 Å². The van der Waals surface area contributed by atoms with E-state index in [4.69, 9.17) is 9.94 Å². The molecule has 1 aliphatic rings. The molecule has 0 radical (unpaired) electrons. The average molecular weight is 521 g/mol. The van der Waals surface area contributed by atoms with Gasteiger partial charge in [0, 0.05) is 43.3 Å². The van der Waals surface area contributed by atoms with E-state index in [0.29, 0.717) is 30.0 Å². The number of aromatic nitrogens is 1. The van der Waals surface area contributed by atoms with Crippen molar-refractivity contribution in [3.05, 3.63) is 47.0 Å². The molecule has 3 rings (SSSR count). The van der Waals surface area contributed by atoms with Crippen molar-refractivity contribution in [3.8, 4) is 0 Å². The van der Waals surface area contributed by atoms with Crippen LogP contribution >= 0.6 is 11.3 Å². The third-order valence-electron chi connectivity index (χ3n) is 5.91. The number of ether oxygens (including phenoxy) is 1. The number of amides is 2. The van der Waals surface area contributed by atoms with Crippen molar-refractivity contribution >= 4 is 34.1 Å². The van der Waals surface area contributed by atoms with Gasteiger partial charge in [-0.2, -0.15) is 0 Å². The van der Waals surface area contributed by atoms with Gasteiger partial charge in [-0.3, -0.25) is 35.5 Å². The Bertz CT molecular complexity index is 993. The van der Waals surface area contributed by atoms with Crippen LogP contribution in [0.25, 0.3) is 0 Å². The third kappa shape index (κ3) is 8.33. The summed E-state index contributed by atoms with van der Waals surface area (Å²) in [5.41, 5.74) is 2.06. The molecule has 1 aromatic heterocycles. The molecule has 1 aromatic carbocycles. The lowest BCUT2D eigenvalue weighted by molar-refractivity contribution is -0.121. The summed E-state index contributed by atoms with van der Waals surface area (Å²) in [5.74, 6) is -0.878. The van der Waals surface area contributed by atoms with Gasteiger partial charge in [-0.25, -0.2) is 9.37 Å². The zero-order chi connectivity index (χ0) is 25.8. The first kappa shape index (κ1) is 27.7. The molecular weight excluding hydrogens is 487 g/mol. The lowest BCUT2D eigenvalue weighted by Crippen LogP contribution is -2.54. The summed E-state index contributed by atoms with van der Waals surface area (Å²) in [4.78, 5) is 36.5. The molecule has 0 unspecified atom stereocenters. The first-order chi connectivity index (χ1) is 17.4. The Balaban J connectivity index is 1.63. The Morgan fingerprint density at radius 2 is 2.00 bits per heavy atom. The molecule has 1 fully saturated rings. The van der Waals surface area contributed by atoms with E-state index < -0.39 is 12.2 Å². The maximum atomic E-state index is 13.1. The van der Waals surface area contributed by atoms with Crippen LogP contribution in [-0.4, -0.2) is 77.8 Å². The lowest BCUT2D eigenvalue weighted by atomic mass is 9.93. The number of anilines is 1. The third-order valence-corrected chi connectivity index (χ3v) is 6.60. The van der Waals surface area contributed by atoms with Crippen LogP contribution in [0.2, 0.25) is 0 Å². The Morgan fingerprint density at radius 1 is 1.25 bits per heavy atom. The van der Waals surface area contributed by atoms with Crippen molar-refractivity contribution in [2.24, 2.45) is 4.99 Å². The number of morpholine rings is 1. The van der Waals surface area contributed by atoms with E-state index >= 15 is 0 Å². The number of carbonyl (C=O) groups is 2. The van der Waals surface area contributed by atoms with E-state index in [1.807, 2.05) is 12.1 Å². The Morgan fingerprint density at radius 3 is 2.64 bits per heavy atom. The number of carbonyl (C=O) groups excluding carboxylic acids is 2. The molecule has 0 saturated carbocycles. The van der Waals surface area contributed by atoms with Gasteiger partial charge in [0.05, 0.1) is 13.2 Å². The fraction of sp³-hybridized carbons (Fsp3) is 0.500. The minimum absolute atomic E-state index is 0.148. The van der Waals surface area contributed by atoms with E-state index in [0.717, 1.165) is 38.4 Å². The number of aliphatic imine (C=N–C) groups is 1. The number of alkyl halides is 1. The number of thiazole rings is 1. The number of halogens is 1. The number of hydroxylamine groups is 1. The first-order valence-corrected chi connectivity index (χ1v) is 12.7. The van der Waals surface area contributed by atoms with Gasteiger partial charge in [-0.05, 0) is 43.9 Å². The molecule has 196 valence electrons. The van der Waals surface area contributed by atoms with E-state index in [9.17, 15) is 14.0 Å². The standard InChI is InChI=1S/C24H33FN6O4S/c1-24(22(33)28-23-27-10-15-36-23,8-2-3-9-26-20(16-25)30-34)29-21(32)19-6-4-18(5-7-19)17-31-11-13-35-14-12-31/h4-7,10,15,34H,2-3,8-9,11-14,16-17H2,1H3,(H,26,30)(H,29,32)(H,27,28,33)/t24-/m0/s1. The minimum atomic E-state index is -1.21. The number of hydrogen-bond acceptors (Lipinski definition) is 8. The predicted octanol–water partition coefficient (Wildman–Crippen LogP) is 2.62. The van der Waals surface area contributed by atoms with Crippen molar-refractivity contribution in [2.45, 2.75) is 38.3 Å². The van der Waals surface area contributed by atoms with Gasteiger partial charge in [-0.15, -0.1) is 11.3 Å². The number of nitrogens with zero attached hydrogens (tertiary/aromatic N) is 3. The molecule has 4 N–H and O–H groups in total. The fourth-order valence-electron chi connectivity index (χ4n) is 3.77. The topological polar surface area (TPSA) is 128 Å². The summed E-state index contributed by atoms with van der Waals surface area (Å²) >= 11 is 1.29. The van der Waals surface area contributed by atoms with Crippen LogP contribution in [0.1, 0.15) is 42.1 Å². The molecule has 0 spiro atoms. The average Bonchev–Trinajstić information content (AvgIpc) is 3.40. The zero-order valence-electron chi connectivity index (χ0n) is 20.3. The quantitative estimate of drug-likeness (QED) is 0.147. The Labute approximate surface area is 213 Å². The molecule has 1 saturated heterocycles. The van der Waals surface area contributed by atoms with Gasteiger partial charge >= 0.3 is 0 Å². The van der Waals surface area contributed by atoms with Crippen LogP contribution < -0.4 is 16.1 Å². The highest BCUT2D eigenvalue weighted by Crippen LogP contribution is 2.20. The maximum absolute atomic E-state index is 13.1. The highest BCUT2D eigenvalue weighted by Gasteiger charge is 2.35. The molecule has 10 nitrogen and oxygen atoms in total.